The van der Waals surface area contributed by atoms with Gasteiger partial charge in [0.25, 0.3) is 0 Å². The van der Waals surface area contributed by atoms with Crippen LogP contribution in [0.2, 0.25) is 0 Å². The van der Waals surface area contributed by atoms with E-state index in [1.165, 1.54) is 51.5 Å². The average Bonchev–Trinajstić information content (AvgIpc) is 2.53. The molecule has 0 N–H and O–H groups in total. The van der Waals surface area contributed by atoms with E-state index in [1.807, 2.05) is 0 Å². The van der Waals surface area contributed by atoms with E-state index in [2.05, 4.69) is 11.8 Å². The molecule has 0 spiro atoms. The van der Waals surface area contributed by atoms with Crippen LogP contribution in [0.5, 0.6) is 0 Å². The van der Waals surface area contributed by atoms with E-state index in [-0.39, 0.29) is 0 Å². The van der Waals surface area contributed by atoms with Crippen LogP contribution in [0.1, 0.15) is 51.9 Å². The lowest BCUT2D eigenvalue weighted by atomic mass is 9.94. The first-order valence-corrected chi connectivity index (χ1v) is 5.63. The van der Waals surface area contributed by atoms with Crippen molar-refractivity contribution in [2.75, 3.05) is 6.54 Å². The van der Waals surface area contributed by atoms with Crippen LogP contribution in [0.15, 0.2) is 0 Å². The Morgan fingerprint density at radius 2 is 1.67 bits per heavy atom. The van der Waals surface area contributed by atoms with E-state index in [0.717, 1.165) is 12.1 Å². The fraction of sp³-hybridized carbons (Fsp3) is 1.00. The highest BCUT2D eigenvalue weighted by Gasteiger charge is 2.28. The molecule has 0 radical (unpaired) electrons. The third-order valence-electron chi connectivity index (χ3n) is 3.65. The second kappa shape index (κ2) is 3.78. The summed E-state index contributed by atoms with van der Waals surface area (Å²) in [6.45, 7) is 3.79. The number of rotatable bonds is 1. The smallest absolute Gasteiger partial charge is 0.00980 e. The van der Waals surface area contributed by atoms with E-state index < -0.39 is 0 Å². The van der Waals surface area contributed by atoms with Crippen LogP contribution >= 0.6 is 0 Å². The molecule has 0 aromatic carbocycles. The Labute approximate surface area is 76.1 Å². The van der Waals surface area contributed by atoms with Crippen LogP contribution in [0.3, 0.4) is 0 Å². The maximum Gasteiger partial charge on any atom is 0.00980 e. The van der Waals surface area contributed by atoms with Crippen LogP contribution in [-0.2, 0) is 0 Å². The topological polar surface area (TPSA) is 3.24 Å². The molecule has 70 valence electrons. The maximum absolute atomic E-state index is 2.76. The highest BCUT2D eigenvalue weighted by atomic mass is 15.2. The van der Waals surface area contributed by atoms with E-state index >= 15 is 0 Å². The first-order chi connectivity index (χ1) is 5.88. The fourth-order valence-electron chi connectivity index (χ4n) is 2.91. The van der Waals surface area contributed by atoms with Gasteiger partial charge in [0.05, 0.1) is 0 Å². The summed E-state index contributed by atoms with van der Waals surface area (Å²) in [5.41, 5.74) is 0. The van der Waals surface area contributed by atoms with Gasteiger partial charge >= 0.3 is 0 Å². The normalized spacial score (nSPS) is 34.2. The zero-order valence-electron chi connectivity index (χ0n) is 8.26. The monoisotopic (exact) mass is 167 g/mol. The van der Waals surface area contributed by atoms with Crippen LogP contribution in [-0.4, -0.2) is 23.5 Å². The van der Waals surface area contributed by atoms with Gasteiger partial charge in [0, 0.05) is 12.1 Å². The van der Waals surface area contributed by atoms with Gasteiger partial charge in [-0.25, -0.2) is 0 Å². The van der Waals surface area contributed by atoms with Gasteiger partial charge in [-0.3, -0.25) is 4.90 Å². The molecule has 0 bridgehead atoms. The minimum Gasteiger partial charge on any atom is -0.298 e. The van der Waals surface area contributed by atoms with Crippen molar-refractivity contribution in [2.45, 2.75) is 64.0 Å². The molecule has 0 aromatic rings. The van der Waals surface area contributed by atoms with Crippen LogP contribution in [0.25, 0.3) is 0 Å². The number of nitrogens with zero attached hydrogens (tertiary/aromatic N) is 1. The molecule has 2 aliphatic rings. The Hall–Kier alpha value is -0.0400. The second-order valence-corrected chi connectivity index (χ2v) is 4.52. The van der Waals surface area contributed by atoms with Crippen molar-refractivity contribution in [1.29, 1.82) is 0 Å². The van der Waals surface area contributed by atoms with Crippen LogP contribution in [0, 0.1) is 0 Å². The molecule has 1 aliphatic heterocycles. The van der Waals surface area contributed by atoms with Crippen molar-refractivity contribution in [3.05, 3.63) is 0 Å². The van der Waals surface area contributed by atoms with Crippen molar-refractivity contribution in [3.63, 3.8) is 0 Å². The lowest BCUT2D eigenvalue weighted by Gasteiger charge is -2.34. The second-order valence-electron chi connectivity index (χ2n) is 4.52. The lowest BCUT2D eigenvalue weighted by Crippen LogP contribution is -2.38. The molecule has 0 aromatic heterocycles. The van der Waals surface area contributed by atoms with Gasteiger partial charge in [-0.1, -0.05) is 19.3 Å². The molecule has 2 fully saturated rings. The average molecular weight is 167 g/mol. The van der Waals surface area contributed by atoms with E-state index in [0.29, 0.717) is 0 Å². The Kier molecular flexibility index (Phi) is 2.69. The zero-order chi connectivity index (χ0) is 8.39. The van der Waals surface area contributed by atoms with Crippen molar-refractivity contribution in [3.8, 4) is 0 Å². The molecule has 1 saturated heterocycles. The third kappa shape index (κ3) is 1.66. The van der Waals surface area contributed by atoms with Crippen LogP contribution in [0.4, 0.5) is 0 Å². The molecule has 1 aliphatic carbocycles. The molecule has 2 rings (SSSR count). The minimum absolute atomic E-state index is 0.882. The summed E-state index contributed by atoms with van der Waals surface area (Å²) in [7, 11) is 0. The molecular weight excluding hydrogens is 146 g/mol. The zero-order valence-corrected chi connectivity index (χ0v) is 8.26. The Morgan fingerprint density at radius 3 is 2.25 bits per heavy atom. The Morgan fingerprint density at radius 1 is 0.917 bits per heavy atom. The molecule has 1 atom stereocenters. The maximum atomic E-state index is 2.76. The van der Waals surface area contributed by atoms with Gasteiger partial charge in [-0.15, -0.1) is 0 Å². The molecule has 12 heavy (non-hydrogen) atoms. The molecule has 1 saturated carbocycles. The summed E-state index contributed by atoms with van der Waals surface area (Å²) in [6.07, 6.45) is 10.3. The summed E-state index contributed by atoms with van der Waals surface area (Å²) in [5.74, 6) is 0. The number of hydrogen-bond acceptors (Lipinski definition) is 1. The summed E-state index contributed by atoms with van der Waals surface area (Å²) >= 11 is 0. The highest BCUT2D eigenvalue weighted by molar-refractivity contribution is 4.83. The lowest BCUT2D eigenvalue weighted by molar-refractivity contribution is 0.150. The van der Waals surface area contributed by atoms with Gasteiger partial charge in [0.1, 0.15) is 0 Å². The van der Waals surface area contributed by atoms with Crippen molar-refractivity contribution >= 4 is 0 Å². The van der Waals surface area contributed by atoms with Crippen molar-refractivity contribution < 1.29 is 0 Å². The summed E-state index contributed by atoms with van der Waals surface area (Å²) < 4.78 is 0. The number of likely N-dealkylation sites (tertiary alicyclic amines) is 1. The van der Waals surface area contributed by atoms with Crippen molar-refractivity contribution in [2.24, 2.45) is 0 Å². The summed E-state index contributed by atoms with van der Waals surface area (Å²) in [4.78, 5) is 2.76. The first-order valence-electron chi connectivity index (χ1n) is 5.63. The largest absolute Gasteiger partial charge is 0.298 e. The minimum atomic E-state index is 0.882. The first kappa shape index (κ1) is 8.55. The van der Waals surface area contributed by atoms with Crippen molar-refractivity contribution in [1.82, 2.24) is 4.90 Å². The molecule has 1 heterocycles. The third-order valence-corrected chi connectivity index (χ3v) is 3.65. The van der Waals surface area contributed by atoms with Crippen LogP contribution < -0.4 is 0 Å². The number of hydrogen-bond donors (Lipinski definition) is 0. The van der Waals surface area contributed by atoms with Gasteiger partial charge in [0.2, 0.25) is 0 Å². The van der Waals surface area contributed by atoms with Gasteiger partial charge in [-0.05, 0) is 39.2 Å². The molecule has 1 unspecified atom stereocenters. The Bertz CT molecular complexity index is 138. The van der Waals surface area contributed by atoms with Gasteiger partial charge in [-0.2, -0.15) is 0 Å². The molecular formula is C11H21N. The molecule has 1 nitrogen and oxygen atoms in total. The van der Waals surface area contributed by atoms with Gasteiger partial charge in [0.15, 0.2) is 0 Å². The fourth-order valence-corrected chi connectivity index (χ4v) is 2.91. The van der Waals surface area contributed by atoms with E-state index in [9.17, 15) is 0 Å². The van der Waals surface area contributed by atoms with Gasteiger partial charge < -0.3 is 0 Å². The predicted octanol–water partition coefficient (Wildman–Crippen LogP) is 2.80. The SMILES string of the molecule is CC1CCCN1C1CCCCC1. The molecule has 1 heteroatoms. The highest BCUT2D eigenvalue weighted by Crippen LogP contribution is 2.28. The summed E-state index contributed by atoms with van der Waals surface area (Å²) in [6, 6.07) is 1.84. The predicted molar refractivity (Wildman–Crippen MR) is 52.3 cm³/mol. The standard InChI is InChI=1S/C11H21N/c1-10-6-5-9-12(10)11-7-3-2-4-8-11/h10-11H,2-9H2,1H3. The summed E-state index contributed by atoms with van der Waals surface area (Å²) in [5, 5.41) is 0. The Balaban J connectivity index is 1.89. The van der Waals surface area contributed by atoms with E-state index in [4.69, 9.17) is 0 Å². The molecule has 0 amide bonds. The van der Waals surface area contributed by atoms with E-state index in [1.54, 1.807) is 0 Å². The quantitative estimate of drug-likeness (QED) is 0.580.